The van der Waals surface area contributed by atoms with E-state index in [4.69, 9.17) is 9.84 Å². The molecule has 16 heavy (non-hydrogen) atoms. The summed E-state index contributed by atoms with van der Waals surface area (Å²) in [5, 5.41) is 9.69. The van der Waals surface area contributed by atoms with E-state index in [0.717, 1.165) is 0 Å². The van der Waals surface area contributed by atoms with E-state index in [-0.39, 0.29) is 5.56 Å². The molecule has 0 aliphatic rings. The Labute approximate surface area is 105 Å². The first-order valence-corrected chi connectivity index (χ1v) is 5.57. The Balaban J connectivity index is 2.80. The summed E-state index contributed by atoms with van der Waals surface area (Å²) in [5.74, 6) is -0.337. The van der Waals surface area contributed by atoms with Crippen LogP contribution in [0, 0.1) is 3.70 Å². The highest BCUT2D eigenvalue weighted by Crippen LogP contribution is 2.24. The molecule has 2 rings (SSSR count). The predicted octanol–water partition coefficient (Wildman–Crippen LogP) is 2.55. The van der Waals surface area contributed by atoms with Crippen molar-refractivity contribution >= 4 is 39.5 Å². The summed E-state index contributed by atoms with van der Waals surface area (Å²) in [6.45, 7) is 0. The molecule has 1 aromatic carbocycles. The molecule has 1 aromatic heterocycles. The first-order valence-electron chi connectivity index (χ1n) is 4.49. The van der Waals surface area contributed by atoms with Gasteiger partial charge in [0.05, 0.1) is 18.2 Å². The lowest BCUT2D eigenvalue weighted by atomic mass is 10.1. The summed E-state index contributed by atoms with van der Waals surface area (Å²) >= 11 is 2.00. The van der Waals surface area contributed by atoms with Gasteiger partial charge in [0.15, 0.2) is 0 Å². The third-order valence-electron chi connectivity index (χ3n) is 2.22. The van der Waals surface area contributed by atoms with Crippen molar-refractivity contribution in [1.82, 2.24) is 4.98 Å². The number of hydrogen-bond acceptors (Lipinski definition) is 3. The smallest absolute Gasteiger partial charge is 0.336 e. The van der Waals surface area contributed by atoms with Gasteiger partial charge in [0.25, 0.3) is 0 Å². The van der Waals surface area contributed by atoms with Crippen LogP contribution in [0.25, 0.3) is 10.9 Å². The van der Waals surface area contributed by atoms with Gasteiger partial charge in [-0.25, -0.2) is 9.78 Å². The molecule has 5 heteroatoms. The van der Waals surface area contributed by atoms with Crippen LogP contribution in [0.2, 0.25) is 0 Å². The molecule has 0 fully saturated rings. The lowest BCUT2D eigenvalue weighted by Gasteiger charge is -2.05. The second kappa shape index (κ2) is 4.25. The fourth-order valence-corrected chi connectivity index (χ4v) is 2.05. The van der Waals surface area contributed by atoms with Gasteiger partial charge in [-0.1, -0.05) is 0 Å². The van der Waals surface area contributed by atoms with Crippen molar-refractivity contribution < 1.29 is 14.6 Å². The largest absolute Gasteiger partial charge is 0.497 e. The Hall–Kier alpha value is -1.37. The second-order valence-electron chi connectivity index (χ2n) is 3.18. The van der Waals surface area contributed by atoms with Crippen molar-refractivity contribution in [2.45, 2.75) is 0 Å². The molecule has 1 heterocycles. The average Bonchev–Trinajstić information content (AvgIpc) is 2.27. The molecule has 82 valence electrons. The predicted molar refractivity (Wildman–Crippen MR) is 68.0 cm³/mol. The number of carbonyl (C=O) groups is 1. The monoisotopic (exact) mass is 329 g/mol. The number of benzene rings is 1. The molecule has 0 atom stereocenters. The van der Waals surface area contributed by atoms with Gasteiger partial charge in [0.2, 0.25) is 0 Å². The van der Waals surface area contributed by atoms with Gasteiger partial charge >= 0.3 is 5.97 Å². The maximum atomic E-state index is 11.1. The molecule has 2 aromatic rings. The molecule has 0 aliphatic carbocycles. The number of nitrogens with zero attached hydrogens (tertiary/aromatic N) is 1. The van der Waals surface area contributed by atoms with Crippen LogP contribution < -0.4 is 4.74 Å². The van der Waals surface area contributed by atoms with Crippen LogP contribution in [0.5, 0.6) is 5.75 Å². The van der Waals surface area contributed by atoms with Crippen molar-refractivity contribution in [2.24, 2.45) is 0 Å². The number of hydrogen-bond donors (Lipinski definition) is 1. The molecule has 0 amide bonds. The van der Waals surface area contributed by atoms with Gasteiger partial charge in [0, 0.05) is 5.39 Å². The number of aromatic nitrogens is 1. The van der Waals surface area contributed by atoms with Crippen LogP contribution >= 0.6 is 22.6 Å². The van der Waals surface area contributed by atoms with E-state index in [2.05, 4.69) is 4.98 Å². The van der Waals surface area contributed by atoms with E-state index >= 15 is 0 Å². The second-order valence-corrected chi connectivity index (χ2v) is 4.29. The Morgan fingerprint density at radius 2 is 2.19 bits per heavy atom. The molecule has 0 bridgehead atoms. The molecule has 0 spiro atoms. The van der Waals surface area contributed by atoms with E-state index in [9.17, 15) is 4.79 Å². The van der Waals surface area contributed by atoms with Crippen molar-refractivity contribution in [3.8, 4) is 5.75 Å². The Kier molecular flexibility index (Phi) is 2.95. The maximum absolute atomic E-state index is 11.1. The van der Waals surface area contributed by atoms with E-state index in [1.807, 2.05) is 22.6 Å². The number of carboxylic acids is 1. The summed E-state index contributed by atoms with van der Waals surface area (Å²) < 4.78 is 5.72. The number of carboxylic acid groups (broad SMARTS) is 1. The van der Waals surface area contributed by atoms with E-state index in [1.165, 1.54) is 0 Å². The van der Waals surface area contributed by atoms with Gasteiger partial charge in [-0.05, 0) is 46.9 Å². The zero-order valence-electron chi connectivity index (χ0n) is 8.40. The van der Waals surface area contributed by atoms with Crippen LogP contribution in [0.1, 0.15) is 10.4 Å². The molecule has 0 aliphatic heterocycles. The normalized spacial score (nSPS) is 10.4. The summed E-state index contributed by atoms with van der Waals surface area (Å²) in [6, 6.07) is 6.74. The molecule has 0 radical (unpaired) electrons. The first-order chi connectivity index (χ1) is 7.61. The quantitative estimate of drug-likeness (QED) is 0.680. The number of aromatic carboxylic acids is 1. The van der Waals surface area contributed by atoms with E-state index in [0.29, 0.717) is 20.4 Å². The van der Waals surface area contributed by atoms with Crippen LogP contribution in [0.4, 0.5) is 0 Å². The standard InChI is InChI=1S/C11H8INO3/c1-16-6-2-3-9-7(4-6)8(11(14)15)5-10(12)13-9/h2-5H,1H3,(H,14,15). The van der Waals surface area contributed by atoms with Gasteiger partial charge < -0.3 is 9.84 Å². The minimum absolute atomic E-state index is 0.244. The topological polar surface area (TPSA) is 59.4 Å². The molecule has 4 nitrogen and oxygen atoms in total. The number of methoxy groups -OCH3 is 1. The maximum Gasteiger partial charge on any atom is 0.336 e. The highest BCUT2D eigenvalue weighted by molar-refractivity contribution is 14.1. The third-order valence-corrected chi connectivity index (χ3v) is 2.77. The van der Waals surface area contributed by atoms with Crippen LogP contribution in [-0.2, 0) is 0 Å². The van der Waals surface area contributed by atoms with Gasteiger partial charge in [-0.15, -0.1) is 0 Å². The highest BCUT2D eigenvalue weighted by atomic mass is 127. The summed E-state index contributed by atoms with van der Waals surface area (Å²) in [4.78, 5) is 15.4. The Morgan fingerprint density at radius 3 is 2.81 bits per heavy atom. The van der Waals surface area contributed by atoms with Crippen LogP contribution in [0.15, 0.2) is 24.3 Å². The molecule has 0 saturated carbocycles. The van der Waals surface area contributed by atoms with E-state index < -0.39 is 5.97 Å². The molecule has 0 saturated heterocycles. The Morgan fingerprint density at radius 1 is 1.44 bits per heavy atom. The minimum atomic E-state index is -0.960. The first kappa shape index (κ1) is 11.1. The van der Waals surface area contributed by atoms with Crippen LogP contribution in [-0.4, -0.2) is 23.2 Å². The third kappa shape index (κ3) is 1.95. The Bertz CT molecular complexity index is 568. The zero-order valence-corrected chi connectivity index (χ0v) is 10.6. The number of fused-ring (bicyclic) bond motifs is 1. The van der Waals surface area contributed by atoms with Crippen molar-refractivity contribution in [3.63, 3.8) is 0 Å². The fourth-order valence-electron chi connectivity index (χ4n) is 1.48. The number of halogens is 1. The molecular formula is C11H8INO3. The molecule has 0 unspecified atom stereocenters. The number of rotatable bonds is 2. The summed E-state index contributed by atoms with van der Waals surface area (Å²) in [6.07, 6.45) is 0. The highest BCUT2D eigenvalue weighted by Gasteiger charge is 2.11. The van der Waals surface area contributed by atoms with E-state index in [1.54, 1.807) is 31.4 Å². The average molecular weight is 329 g/mol. The van der Waals surface area contributed by atoms with Crippen molar-refractivity contribution in [2.75, 3.05) is 7.11 Å². The zero-order chi connectivity index (χ0) is 11.7. The molecular weight excluding hydrogens is 321 g/mol. The fraction of sp³-hybridized carbons (Fsp3) is 0.0909. The minimum Gasteiger partial charge on any atom is -0.497 e. The summed E-state index contributed by atoms with van der Waals surface area (Å²) in [5.41, 5.74) is 0.901. The van der Waals surface area contributed by atoms with Gasteiger partial charge in [0.1, 0.15) is 9.45 Å². The van der Waals surface area contributed by atoms with Gasteiger partial charge in [-0.3, -0.25) is 0 Å². The summed E-state index contributed by atoms with van der Waals surface area (Å²) in [7, 11) is 1.54. The lowest BCUT2D eigenvalue weighted by molar-refractivity contribution is 0.0699. The van der Waals surface area contributed by atoms with Crippen molar-refractivity contribution in [3.05, 3.63) is 33.5 Å². The van der Waals surface area contributed by atoms with Crippen LogP contribution in [0.3, 0.4) is 0 Å². The SMILES string of the molecule is COc1ccc2nc(I)cc(C(=O)O)c2c1. The number of pyridine rings is 1. The molecule has 1 N–H and O–H groups in total. The number of ether oxygens (including phenoxy) is 1. The lowest BCUT2D eigenvalue weighted by Crippen LogP contribution is -2.00. The van der Waals surface area contributed by atoms with Gasteiger partial charge in [-0.2, -0.15) is 0 Å². The van der Waals surface area contributed by atoms with Crippen molar-refractivity contribution in [1.29, 1.82) is 0 Å².